The quantitative estimate of drug-likeness (QED) is 0.674. The molecule has 0 bridgehead atoms. The van der Waals surface area contributed by atoms with Crippen LogP contribution < -0.4 is 5.32 Å². The maximum Gasteiger partial charge on any atom is 0.409 e. The van der Waals surface area contributed by atoms with E-state index in [0.29, 0.717) is 49.5 Å². The number of aromatic nitrogens is 1. The van der Waals surface area contributed by atoms with Crippen molar-refractivity contribution in [1.29, 1.82) is 5.26 Å². The number of aliphatic hydroxyl groups is 1. The number of hydrogen-bond acceptors (Lipinski definition) is 7. The lowest BCUT2D eigenvalue weighted by Crippen LogP contribution is -2.32. The van der Waals surface area contributed by atoms with E-state index in [4.69, 9.17) is 4.74 Å². The van der Waals surface area contributed by atoms with Crippen molar-refractivity contribution in [3.63, 3.8) is 0 Å². The van der Waals surface area contributed by atoms with E-state index in [0.717, 1.165) is 22.4 Å². The summed E-state index contributed by atoms with van der Waals surface area (Å²) < 4.78 is 5.46. The number of likely N-dealkylation sites (tertiary alicyclic amines) is 1. The molecular formula is C23H24N4O4S. The number of rotatable bonds is 5. The third-order valence-electron chi connectivity index (χ3n) is 5.69. The smallest absolute Gasteiger partial charge is 0.409 e. The Morgan fingerprint density at radius 3 is 3.03 bits per heavy atom. The van der Waals surface area contributed by atoms with Gasteiger partial charge in [-0.2, -0.15) is 5.26 Å². The van der Waals surface area contributed by atoms with Gasteiger partial charge in [0.15, 0.2) is 0 Å². The molecule has 1 saturated heterocycles. The number of aliphatic hydroxyl groups excluding tert-OH is 1. The summed E-state index contributed by atoms with van der Waals surface area (Å²) in [6, 6.07) is 5.87. The van der Waals surface area contributed by atoms with Gasteiger partial charge >= 0.3 is 6.09 Å². The summed E-state index contributed by atoms with van der Waals surface area (Å²) >= 11 is 1.42. The second kappa shape index (κ2) is 9.94. The number of fused-ring (bicyclic) bond motifs is 1. The predicted octanol–water partition coefficient (Wildman–Crippen LogP) is 2.97. The van der Waals surface area contributed by atoms with E-state index < -0.39 is 6.10 Å². The number of carbonyl (C=O) groups is 2. The molecule has 2 amide bonds. The summed E-state index contributed by atoms with van der Waals surface area (Å²) in [6.45, 7) is 1.14. The highest BCUT2D eigenvalue weighted by molar-refractivity contribution is 7.16. The summed E-state index contributed by atoms with van der Waals surface area (Å²) in [5.41, 5.74) is 2.32. The number of anilines is 1. The van der Waals surface area contributed by atoms with Crippen molar-refractivity contribution in [1.82, 2.24) is 9.88 Å². The van der Waals surface area contributed by atoms with Crippen molar-refractivity contribution in [2.45, 2.75) is 31.8 Å². The molecule has 2 aromatic heterocycles. The normalized spacial score (nSPS) is 20.1. The Hall–Kier alpha value is -3.22. The van der Waals surface area contributed by atoms with Gasteiger partial charge < -0.3 is 20.1 Å². The third-order valence-corrected chi connectivity index (χ3v) is 6.86. The van der Waals surface area contributed by atoms with Gasteiger partial charge in [-0.05, 0) is 54.9 Å². The van der Waals surface area contributed by atoms with E-state index in [2.05, 4.69) is 16.4 Å². The Balaban J connectivity index is 1.36. The van der Waals surface area contributed by atoms with Crippen LogP contribution in [0.15, 0.2) is 30.6 Å². The minimum Gasteiger partial charge on any atom is -0.449 e. The fourth-order valence-corrected chi connectivity index (χ4v) is 5.31. The van der Waals surface area contributed by atoms with Crippen LogP contribution in [0.4, 0.5) is 9.80 Å². The van der Waals surface area contributed by atoms with Crippen molar-refractivity contribution in [2.75, 3.05) is 25.0 Å². The van der Waals surface area contributed by atoms with E-state index in [-0.39, 0.29) is 17.9 Å². The average molecular weight is 453 g/mol. The Morgan fingerprint density at radius 1 is 1.44 bits per heavy atom. The van der Waals surface area contributed by atoms with Crippen LogP contribution in [0.2, 0.25) is 0 Å². The molecule has 2 atom stereocenters. The molecule has 1 aliphatic carbocycles. The molecule has 32 heavy (non-hydrogen) atoms. The first-order valence-electron chi connectivity index (χ1n) is 10.6. The first kappa shape index (κ1) is 22.0. The lowest BCUT2D eigenvalue weighted by Gasteiger charge is -2.23. The molecule has 2 N–H and O–H groups in total. The molecule has 2 aromatic rings. The molecule has 9 heteroatoms. The molecule has 0 saturated carbocycles. The molecule has 0 spiro atoms. The second-order valence-electron chi connectivity index (χ2n) is 8.00. The zero-order valence-corrected chi connectivity index (χ0v) is 18.3. The highest BCUT2D eigenvalue weighted by Crippen LogP contribution is 2.39. The van der Waals surface area contributed by atoms with E-state index >= 15 is 0 Å². The van der Waals surface area contributed by atoms with Crippen LogP contribution in [0.3, 0.4) is 0 Å². The van der Waals surface area contributed by atoms with Crippen molar-refractivity contribution in [3.8, 4) is 6.07 Å². The van der Waals surface area contributed by atoms with Gasteiger partial charge in [0.2, 0.25) is 5.91 Å². The number of β-amino-alcohol motifs (C(OH)–C–C–N with tert-alkyl or cyclic N) is 1. The lowest BCUT2D eigenvalue weighted by molar-refractivity contribution is -0.111. The molecule has 4 rings (SSSR count). The molecular weight excluding hydrogens is 428 g/mol. The van der Waals surface area contributed by atoms with Crippen LogP contribution in [0, 0.1) is 17.2 Å². The van der Waals surface area contributed by atoms with Crippen molar-refractivity contribution >= 4 is 34.4 Å². The largest absolute Gasteiger partial charge is 0.449 e. The lowest BCUT2D eigenvalue weighted by atomic mass is 9.88. The Bertz CT molecular complexity index is 1060. The number of thiophene rings is 1. The maximum absolute atomic E-state index is 12.4. The summed E-state index contributed by atoms with van der Waals surface area (Å²) in [7, 11) is 0. The first-order valence-corrected chi connectivity index (χ1v) is 11.4. The summed E-state index contributed by atoms with van der Waals surface area (Å²) in [4.78, 5) is 31.1. The number of amides is 2. The molecule has 0 aromatic carbocycles. The first-order chi connectivity index (χ1) is 15.5. The monoisotopic (exact) mass is 452 g/mol. The van der Waals surface area contributed by atoms with Gasteiger partial charge in [-0.25, -0.2) is 4.79 Å². The van der Waals surface area contributed by atoms with Gasteiger partial charge in [-0.15, -0.1) is 11.3 Å². The van der Waals surface area contributed by atoms with Gasteiger partial charge in [0, 0.05) is 36.4 Å². The maximum atomic E-state index is 12.4. The highest BCUT2D eigenvalue weighted by Gasteiger charge is 2.29. The average Bonchev–Trinajstić information content (AvgIpc) is 3.39. The number of carbonyl (C=O) groups excluding carboxylic acids is 2. The standard InChI is InChI=1S/C23H24N4O4S/c24-11-19-18-5-3-16(14-31-23(30)27-9-7-17(28)13-27)10-20(18)32-22(19)26-21(29)6-4-15-2-1-8-25-12-15/h1-2,4,6,8,12,16-17,28H,3,5,7,9-10,13-14H2,(H,26,29)/b6-4+. The van der Waals surface area contributed by atoms with Gasteiger partial charge in [0.1, 0.15) is 11.1 Å². The van der Waals surface area contributed by atoms with E-state index in [1.165, 1.54) is 22.3 Å². The number of pyridine rings is 1. The second-order valence-corrected chi connectivity index (χ2v) is 9.11. The summed E-state index contributed by atoms with van der Waals surface area (Å²) in [5, 5.41) is 22.6. The fraction of sp³-hybridized carbons (Fsp3) is 0.391. The molecule has 8 nitrogen and oxygen atoms in total. The molecule has 1 fully saturated rings. The molecule has 2 aliphatic rings. The van der Waals surface area contributed by atoms with Crippen LogP contribution >= 0.6 is 11.3 Å². The third kappa shape index (κ3) is 5.15. The van der Waals surface area contributed by atoms with Crippen molar-refractivity contribution < 1.29 is 19.4 Å². The van der Waals surface area contributed by atoms with Crippen molar-refractivity contribution in [2.24, 2.45) is 5.92 Å². The fourth-order valence-electron chi connectivity index (χ4n) is 3.99. The van der Waals surface area contributed by atoms with Crippen LogP contribution in [0.25, 0.3) is 6.08 Å². The minimum absolute atomic E-state index is 0.165. The molecule has 3 heterocycles. The number of nitrogens with zero attached hydrogens (tertiary/aromatic N) is 3. The van der Waals surface area contributed by atoms with Gasteiger partial charge in [-0.3, -0.25) is 9.78 Å². The van der Waals surface area contributed by atoms with Gasteiger partial charge in [0.25, 0.3) is 0 Å². The number of ether oxygens (including phenoxy) is 1. The number of hydrogen-bond donors (Lipinski definition) is 2. The Kier molecular flexibility index (Phi) is 6.83. The van der Waals surface area contributed by atoms with Crippen LogP contribution in [-0.2, 0) is 22.4 Å². The van der Waals surface area contributed by atoms with Gasteiger partial charge in [-0.1, -0.05) is 6.07 Å². The van der Waals surface area contributed by atoms with E-state index in [9.17, 15) is 20.0 Å². The Morgan fingerprint density at radius 2 is 2.31 bits per heavy atom. The predicted molar refractivity (Wildman–Crippen MR) is 120 cm³/mol. The number of nitrogens with one attached hydrogen (secondary N) is 1. The summed E-state index contributed by atoms with van der Waals surface area (Å²) in [6.07, 6.45) is 8.37. The Labute approximate surface area is 190 Å². The topological polar surface area (TPSA) is 116 Å². The molecule has 2 unspecified atom stereocenters. The van der Waals surface area contributed by atoms with Crippen LogP contribution in [0.5, 0.6) is 0 Å². The van der Waals surface area contributed by atoms with Crippen molar-refractivity contribution in [3.05, 3.63) is 52.2 Å². The highest BCUT2D eigenvalue weighted by atomic mass is 32.1. The SMILES string of the molecule is N#Cc1c(NC(=O)/C=C/c2cccnc2)sc2c1CCC(COC(=O)N1CCC(O)C1)C2. The minimum atomic E-state index is -0.469. The molecule has 1 aliphatic heterocycles. The zero-order chi connectivity index (χ0) is 22.5. The molecule has 0 radical (unpaired) electrons. The summed E-state index contributed by atoms with van der Waals surface area (Å²) in [5.74, 6) is -0.138. The van der Waals surface area contributed by atoms with Crippen LogP contribution in [-0.4, -0.2) is 52.8 Å². The number of nitriles is 1. The van der Waals surface area contributed by atoms with Gasteiger partial charge in [0.05, 0.1) is 18.3 Å². The zero-order valence-electron chi connectivity index (χ0n) is 17.5. The van der Waals surface area contributed by atoms with E-state index in [1.54, 1.807) is 24.5 Å². The van der Waals surface area contributed by atoms with Crippen LogP contribution in [0.1, 0.15) is 34.4 Å². The molecule has 166 valence electrons. The van der Waals surface area contributed by atoms with E-state index in [1.807, 2.05) is 6.07 Å².